The number of nitrogens with zero attached hydrogens (tertiary/aromatic N) is 1. The van der Waals surface area contributed by atoms with Crippen molar-refractivity contribution in [2.24, 2.45) is 0 Å². The highest BCUT2D eigenvalue weighted by atomic mass is 32.1. The first kappa shape index (κ1) is 7.71. The van der Waals surface area contributed by atoms with Crippen LogP contribution in [0.25, 0.3) is 10.2 Å². The molecule has 2 aromatic rings. The third-order valence-electron chi connectivity index (χ3n) is 1.61. The van der Waals surface area contributed by atoms with Gasteiger partial charge in [-0.15, -0.1) is 11.3 Å². The molecule has 0 atom stereocenters. The molecule has 0 spiro atoms. The van der Waals surface area contributed by atoms with Crippen molar-refractivity contribution < 1.29 is 4.74 Å². The zero-order valence-electron chi connectivity index (χ0n) is 6.78. The average molecular weight is 179 g/mol. The quantitative estimate of drug-likeness (QED) is 0.706. The highest BCUT2D eigenvalue weighted by Gasteiger charge is 2.00. The lowest BCUT2D eigenvalue weighted by Crippen LogP contribution is -1.83. The largest absolute Gasteiger partial charge is 0.378 e. The minimum atomic E-state index is 0.610. The van der Waals surface area contributed by atoms with Gasteiger partial charge in [-0.2, -0.15) is 0 Å². The second-order valence-electron chi connectivity index (χ2n) is 2.51. The second-order valence-corrected chi connectivity index (χ2v) is 3.62. The van der Waals surface area contributed by atoms with E-state index in [1.165, 1.54) is 4.70 Å². The van der Waals surface area contributed by atoms with Crippen LogP contribution in [0.5, 0.6) is 0 Å². The predicted octanol–water partition coefficient (Wildman–Crippen LogP) is 2.44. The van der Waals surface area contributed by atoms with Gasteiger partial charge in [0, 0.05) is 7.11 Å². The van der Waals surface area contributed by atoms with Crippen LogP contribution in [-0.2, 0) is 11.3 Å². The summed E-state index contributed by atoms with van der Waals surface area (Å²) in [6.07, 6.45) is 0. The van der Waals surface area contributed by atoms with Gasteiger partial charge < -0.3 is 4.74 Å². The molecule has 12 heavy (non-hydrogen) atoms. The molecule has 62 valence electrons. The van der Waals surface area contributed by atoms with Gasteiger partial charge in [-0.05, 0) is 12.1 Å². The van der Waals surface area contributed by atoms with E-state index in [4.69, 9.17) is 4.74 Å². The molecule has 0 unspecified atom stereocenters. The van der Waals surface area contributed by atoms with E-state index in [9.17, 15) is 0 Å². The SMILES string of the molecule is COCc1nc2ccccc2s1. The van der Waals surface area contributed by atoms with Gasteiger partial charge in [-0.1, -0.05) is 12.1 Å². The van der Waals surface area contributed by atoms with Gasteiger partial charge in [0.15, 0.2) is 0 Å². The first-order chi connectivity index (χ1) is 5.90. The Kier molecular flexibility index (Phi) is 2.06. The molecule has 0 amide bonds. The van der Waals surface area contributed by atoms with Gasteiger partial charge in [-0.3, -0.25) is 0 Å². The topological polar surface area (TPSA) is 22.1 Å². The normalized spacial score (nSPS) is 10.8. The van der Waals surface area contributed by atoms with Crippen LogP contribution < -0.4 is 0 Å². The molecule has 2 rings (SSSR count). The van der Waals surface area contributed by atoms with Crippen LogP contribution in [0.15, 0.2) is 24.3 Å². The van der Waals surface area contributed by atoms with E-state index in [0.29, 0.717) is 6.61 Å². The van der Waals surface area contributed by atoms with Gasteiger partial charge in [0.1, 0.15) is 5.01 Å². The summed E-state index contributed by atoms with van der Waals surface area (Å²) < 4.78 is 6.23. The summed E-state index contributed by atoms with van der Waals surface area (Å²) in [5.41, 5.74) is 1.06. The summed E-state index contributed by atoms with van der Waals surface area (Å²) in [5, 5.41) is 1.04. The van der Waals surface area contributed by atoms with Crippen molar-refractivity contribution in [1.82, 2.24) is 4.98 Å². The molecule has 0 aliphatic rings. The number of ether oxygens (including phenoxy) is 1. The van der Waals surface area contributed by atoms with E-state index in [1.807, 2.05) is 18.2 Å². The van der Waals surface area contributed by atoms with Crippen molar-refractivity contribution in [3.05, 3.63) is 29.3 Å². The molecule has 0 bridgehead atoms. The smallest absolute Gasteiger partial charge is 0.120 e. The Morgan fingerprint density at radius 2 is 2.25 bits per heavy atom. The fourth-order valence-electron chi connectivity index (χ4n) is 1.11. The van der Waals surface area contributed by atoms with E-state index in [-0.39, 0.29) is 0 Å². The number of thiazole rings is 1. The first-order valence-corrected chi connectivity index (χ1v) is 4.55. The molecule has 1 heterocycles. The van der Waals surface area contributed by atoms with Gasteiger partial charge in [-0.25, -0.2) is 4.98 Å². The number of aromatic nitrogens is 1. The molecule has 0 fully saturated rings. The maximum Gasteiger partial charge on any atom is 0.120 e. The van der Waals surface area contributed by atoms with Crippen molar-refractivity contribution in [1.29, 1.82) is 0 Å². The molecule has 2 nitrogen and oxygen atoms in total. The number of benzene rings is 1. The predicted molar refractivity (Wildman–Crippen MR) is 50.3 cm³/mol. The molecule has 0 saturated carbocycles. The maximum atomic E-state index is 5.01. The average Bonchev–Trinajstić information content (AvgIpc) is 2.47. The van der Waals surface area contributed by atoms with Crippen LogP contribution in [0.2, 0.25) is 0 Å². The highest BCUT2D eigenvalue weighted by molar-refractivity contribution is 7.18. The lowest BCUT2D eigenvalue weighted by Gasteiger charge is -1.88. The monoisotopic (exact) mass is 179 g/mol. The molecular formula is C9H9NOS. The van der Waals surface area contributed by atoms with E-state index in [2.05, 4.69) is 11.1 Å². The fourth-order valence-corrected chi connectivity index (χ4v) is 2.04. The van der Waals surface area contributed by atoms with Crippen LogP contribution in [-0.4, -0.2) is 12.1 Å². The summed E-state index contributed by atoms with van der Waals surface area (Å²) >= 11 is 1.69. The number of hydrogen-bond donors (Lipinski definition) is 0. The number of methoxy groups -OCH3 is 1. The summed E-state index contributed by atoms with van der Waals surface area (Å²) in [4.78, 5) is 4.40. The molecule has 0 aliphatic heterocycles. The van der Waals surface area contributed by atoms with Crippen molar-refractivity contribution in [2.75, 3.05) is 7.11 Å². The Hall–Kier alpha value is -0.930. The molecule has 0 N–H and O–H groups in total. The standard InChI is InChI=1S/C9H9NOS/c1-11-6-9-10-7-4-2-3-5-8(7)12-9/h2-5H,6H2,1H3. The zero-order chi connectivity index (χ0) is 8.39. The second kappa shape index (κ2) is 3.21. The van der Waals surface area contributed by atoms with E-state index in [0.717, 1.165) is 10.5 Å². The molecule has 1 aromatic heterocycles. The molecule has 3 heteroatoms. The number of fused-ring (bicyclic) bond motifs is 1. The lowest BCUT2D eigenvalue weighted by molar-refractivity contribution is 0.185. The maximum absolute atomic E-state index is 5.01. The highest BCUT2D eigenvalue weighted by Crippen LogP contribution is 2.21. The van der Waals surface area contributed by atoms with Crippen LogP contribution in [0.1, 0.15) is 5.01 Å². The molecule has 0 saturated heterocycles. The summed E-state index contributed by atoms with van der Waals surface area (Å²) in [6, 6.07) is 8.12. The third-order valence-corrected chi connectivity index (χ3v) is 2.62. The Bertz CT molecular complexity index is 350. The molecule has 0 radical (unpaired) electrons. The Morgan fingerprint density at radius 3 is 3.00 bits per heavy atom. The van der Waals surface area contributed by atoms with Gasteiger partial charge in [0.25, 0.3) is 0 Å². The Balaban J connectivity index is 2.47. The van der Waals surface area contributed by atoms with Gasteiger partial charge >= 0.3 is 0 Å². The van der Waals surface area contributed by atoms with Gasteiger partial charge in [0.2, 0.25) is 0 Å². The van der Waals surface area contributed by atoms with E-state index >= 15 is 0 Å². The summed E-state index contributed by atoms with van der Waals surface area (Å²) in [7, 11) is 1.69. The minimum Gasteiger partial charge on any atom is -0.378 e. The zero-order valence-corrected chi connectivity index (χ0v) is 7.60. The van der Waals surface area contributed by atoms with Crippen LogP contribution in [0.3, 0.4) is 0 Å². The van der Waals surface area contributed by atoms with Crippen LogP contribution >= 0.6 is 11.3 Å². The fraction of sp³-hybridized carbons (Fsp3) is 0.222. The number of rotatable bonds is 2. The number of hydrogen-bond acceptors (Lipinski definition) is 3. The lowest BCUT2D eigenvalue weighted by atomic mass is 10.3. The Labute approximate surface area is 74.8 Å². The summed E-state index contributed by atoms with van der Waals surface area (Å²) in [5.74, 6) is 0. The summed E-state index contributed by atoms with van der Waals surface area (Å²) in [6.45, 7) is 0.610. The minimum absolute atomic E-state index is 0.610. The van der Waals surface area contributed by atoms with Crippen molar-refractivity contribution >= 4 is 21.6 Å². The first-order valence-electron chi connectivity index (χ1n) is 3.73. The molecule has 0 aliphatic carbocycles. The van der Waals surface area contributed by atoms with Crippen LogP contribution in [0.4, 0.5) is 0 Å². The third kappa shape index (κ3) is 1.33. The molecular weight excluding hydrogens is 170 g/mol. The van der Waals surface area contributed by atoms with Crippen molar-refractivity contribution in [3.63, 3.8) is 0 Å². The van der Waals surface area contributed by atoms with Gasteiger partial charge in [0.05, 0.1) is 16.8 Å². The van der Waals surface area contributed by atoms with Crippen molar-refractivity contribution in [3.8, 4) is 0 Å². The Morgan fingerprint density at radius 1 is 1.42 bits per heavy atom. The van der Waals surface area contributed by atoms with Crippen molar-refractivity contribution in [2.45, 2.75) is 6.61 Å². The number of para-hydroxylation sites is 1. The van der Waals surface area contributed by atoms with E-state index in [1.54, 1.807) is 18.4 Å². The molecule has 1 aromatic carbocycles. The van der Waals surface area contributed by atoms with Crippen LogP contribution in [0, 0.1) is 0 Å². The van der Waals surface area contributed by atoms with E-state index < -0.39 is 0 Å².